The number of carbonyl (C=O) groups excluding carboxylic acids is 1. The SMILES string of the molecule is CCOC(=O)C1=C(C)N=c2s/c(=C/c3cnn(CC)c3)c(=O)n2C1c1ccc(OC)c(OC)c1. The number of benzene rings is 1. The van der Waals surface area contributed by atoms with Gasteiger partial charge in [-0.15, -0.1) is 0 Å². The van der Waals surface area contributed by atoms with Gasteiger partial charge in [0.15, 0.2) is 16.3 Å². The van der Waals surface area contributed by atoms with Crippen LogP contribution in [0.1, 0.15) is 37.9 Å². The molecule has 1 aliphatic rings. The minimum absolute atomic E-state index is 0.208. The van der Waals surface area contributed by atoms with Crippen molar-refractivity contribution < 1.29 is 19.0 Å². The minimum Gasteiger partial charge on any atom is -0.493 e. The molecule has 4 rings (SSSR count). The molecule has 0 aliphatic carbocycles. The fourth-order valence-corrected chi connectivity index (χ4v) is 4.95. The lowest BCUT2D eigenvalue weighted by atomic mass is 9.95. The average Bonchev–Trinajstić information content (AvgIpc) is 3.41. The maximum atomic E-state index is 13.6. The Morgan fingerprint density at radius 3 is 2.62 bits per heavy atom. The summed E-state index contributed by atoms with van der Waals surface area (Å²) in [5, 5.41) is 4.27. The van der Waals surface area contributed by atoms with Gasteiger partial charge in [-0.25, -0.2) is 9.79 Å². The highest BCUT2D eigenvalue weighted by Gasteiger charge is 2.33. The van der Waals surface area contributed by atoms with Crippen LogP contribution in [0.15, 0.2) is 51.6 Å². The third kappa shape index (κ3) is 4.16. The number of hydrogen-bond acceptors (Lipinski definition) is 8. The Labute approximate surface area is 200 Å². The molecule has 178 valence electrons. The van der Waals surface area contributed by atoms with Crippen LogP contribution in [0, 0.1) is 0 Å². The Morgan fingerprint density at radius 2 is 1.97 bits per heavy atom. The second kappa shape index (κ2) is 9.68. The fraction of sp³-hybridized carbons (Fsp3) is 0.333. The zero-order valence-corrected chi connectivity index (χ0v) is 20.5. The molecular weight excluding hydrogens is 456 g/mol. The lowest BCUT2D eigenvalue weighted by Crippen LogP contribution is -2.39. The molecular formula is C24H26N4O5S. The van der Waals surface area contributed by atoms with Gasteiger partial charge >= 0.3 is 5.97 Å². The van der Waals surface area contributed by atoms with E-state index >= 15 is 0 Å². The quantitative estimate of drug-likeness (QED) is 0.478. The average molecular weight is 483 g/mol. The van der Waals surface area contributed by atoms with Crippen molar-refractivity contribution in [1.82, 2.24) is 14.3 Å². The molecule has 0 bridgehead atoms. The van der Waals surface area contributed by atoms with Crippen molar-refractivity contribution in [2.75, 3.05) is 20.8 Å². The lowest BCUT2D eigenvalue weighted by Gasteiger charge is -2.25. The van der Waals surface area contributed by atoms with Crippen LogP contribution in [0.4, 0.5) is 0 Å². The Balaban J connectivity index is 1.95. The van der Waals surface area contributed by atoms with Gasteiger partial charge in [0.2, 0.25) is 0 Å². The lowest BCUT2D eigenvalue weighted by molar-refractivity contribution is -0.139. The number of rotatable bonds is 7. The predicted molar refractivity (Wildman–Crippen MR) is 128 cm³/mol. The Hall–Kier alpha value is -3.66. The zero-order valence-electron chi connectivity index (χ0n) is 19.7. The highest BCUT2D eigenvalue weighted by Crippen LogP contribution is 2.36. The van der Waals surface area contributed by atoms with Crippen molar-refractivity contribution in [3.63, 3.8) is 0 Å². The molecule has 0 saturated heterocycles. The molecule has 1 atom stereocenters. The first kappa shape index (κ1) is 23.5. The van der Waals surface area contributed by atoms with Gasteiger partial charge in [-0.3, -0.25) is 14.0 Å². The number of nitrogens with zero attached hydrogens (tertiary/aromatic N) is 4. The van der Waals surface area contributed by atoms with Crippen LogP contribution in [-0.2, 0) is 16.1 Å². The molecule has 3 aromatic rings. The fourth-order valence-electron chi connectivity index (χ4n) is 3.91. The minimum atomic E-state index is -0.726. The molecule has 0 spiro atoms. The Kier molecular flexibility index (Phi) is 6.69. The third-order valence-electron chi connectivity index (χ3n) is 5.52. The molecule has 1 unspecified atom stereocenters. The Bertz CT molecular complexity index is 1450. The molecule has 34 heavy (non-hydrogen) atoms. The van der Waals surface area contributed by atoms with E-state index in [1.54, 1.807) is 54.6 Å². The summed E-state index contributed by atoms with van der Waals surface area (Å²) in [6, 6.07) is 4.60. The molecule has 1 aliphatic heterocycles. The van der Waals surface area contributed by atoms with Crippen molar-refractivity contribution in [3.8, 4) is 11.5 Å². The van der Waals surface area contributed by atoms with Crippen molar-refractivity contribution in [3.05, 3.63) is 72.7 Å². The monoisotopic (exact) mass is 482 g/mol. The van der Waals surface area contributed by atoms with Crippen LogP contribution in [0.2, 0.25) is 0 Å². The summed E-state index contributed by atoms with van der Waals surface area (Å²) in [5.41, 5.74) is 2.07. The van der Waals surface area contributed by atoms with Gasteiger partial charge in [0.25, 0.3) is 5.56 Å². The van der Waals surface area contributed by atoms with Crippen LogP contribution in [0.3, 0.4) is 0 Å². The largest absolute Gasteiger partial charge is 0.493 e. The Morgan fingerprint density at radius 1 is 1.21 bits per heavy atom. The van der Waals surface area contributed by atoms with E-state index < -0.39 is 12.0 Å². The first-order chi connectivity index (χ1) is 16.4. The van der Waals surface area contributed by atoms with E-state index in [2.05, 4.69) is 10.1 Å². The topological polar surface area (TPSA) is 96.9 Å². The van der Waals surface area contributed by atoms with Crippen molar-refractivity contribution in [2.45, 2.75) is 33.4 Å². The number of aryl methyl sites for hydroxylation is 1. The van der Waals surface area contributed by atoms with Crippen molar-refractivity contribution >= 4 is 23.4 Å². The molecule has 3 heterocycles. The van der Waals surface area contributed by atoms with Crippen molar-refractivity contribution in [2.24, 2.45) is 4.99 Å². The van der Waals surface area contributed by atoms with E-state index in [0.717, 1.165) is 12.1 Å². The van der Waals surface area contributed by atoms with E-state index in [4.69, 9.17) is 14.2 Å². The zero-order chi connectivity index (χ0) is 24.4. The number of carbonyl (C=O) groups is 1. The standard InChI is InChI=1S/C24H26N4O5S/c1-6-27-13-15(12-25-27)10-19-22(29)28-21(16-8-9-17(31-4)18(11-16)32-5)20(23(30)33-7-2)14(3)26-24(28)34-19/h8-13,21H,6-7H2,1-5H3/b19-10+. The number of methoxy groups -OCH3 is 2. The molecule has 2 aromatic heterocycles. The smallest absolute Gasteiger partial charge is 0.338 e. The maximum Gasteiger partial charge on any atom is 0.338 e. The van der Waals surface area contributed by atoms with Crippen LogP contribution in [0.25, 0.3) is 6.08 Å². The van der Waals surface area contributed by atoms with Gasteiger partial charge < -0.3 is 14.2 Å². The number of aromatic nitrogens is 3. The molecule has 0 radical (unpaired) electrons. The molecule has 0 amide bonds. The van der Waals surface area contributed by atoms with Gasteiger partial charge in [-0.1, -0.05) is 17.4 Å². The molecule has 0 N–H and O–H groups in total. The maximum absolute atomic E-state index is 13.6. The third-order valence-corrected chi connectivity index (χ3v) is 6.50. The van der Waals surface area contributed by atoms with Gasteiger partial charge in [0, 0.05) is 18.3 Å². The molecule has 9 nitrogen and oxygen atoms in total. The van der Waals surface area contributed by atoms with E-state index in [0.29, 0.717) is 37.7 Å². The normalized spacial score (nSPS) is 15.7. The summed E-state index contributed by atoms with van der Waals surface area (Å²) in [6.07, 6.45) is 5.38. The number of esters is 1. The van der Waals surface area contributed by atoms with E-state index in [1.807, 2.05) is 19.2 Å². The second-order valence-electron chi connectivity index (χ2n) is 7.55. The summed E-state index contributed by atoms with van der Waals surface area (Å²) in [5.74, 6) is 0.527. The van der Waals surface area contributed by atoms with Crippen LogP contribution >= 0.6 is 11.3 Å². The molecule has 0 saturated carbocycles. The van der Waals surface area contributed by atoms with Crippen LogP contribution in [0.5, 0.6) is 11.5 Å². The number of ether oxygens (including phenoxy) is 3. The van der Waals surface area contributed by atoms with Crippen LogP contribution < -0.4 is 24.4 Å². The number of fused-ring (bicyclic) bond motifs is 1. The van der Waals surface area contributed by atoms with Gasteiger partial charge in [-0.05, 0) is 44.5 Å². The number of allylic oxidation sites excluding steroid dienone is 1. The first-order valence-corrected chi connectivity index (χ1v) is 11.7. The summed E-state index contributed by atoms with van der Waals surface area (Å²) in [6.45, 7) is 6.43. The van der Waals surface area contributed by atoms with E-state index in [1.165, 1.54) is 18.4 Å². The molecule has 0 fully saturated rings. The van der Waals surface area contributed by atoms with Gasteiger partial charge in [0.05, 0.1) is 48.9 Å². The molecule has 1 aromatic carbocycles. The number of thiazole rings is 1. The van der Waals surface area contributed by atoms with Gasteiger partial charge in [0.1, 0.15) is 0 Å². The summed E-state index contributed by atoms with van der Waals surface area (Å²) < 4.78 is 20.0. The molecule has 10 heteroatoms. The van der Waals surface area contributed by atoms with Crippen LogP contribution in [-0.4, -0.2) is 41.1 Å². The van der Waals surface area contributed by atoms with E-state index in [-0.39, 0.29) is 12.2 Å². The summed E-state index contributed by atoms with van der Waals surface area (Å²) in [7, 11) is 3.09. The highest BCUT2D eigenvalue weighted by atomic mass is 32.1. The summed E-state index contributed by atoms with van der Waals surface area (Å²) in [4.78, 5) is 31.7. The van der Waals surface area contributed by atoms with Crippen molar-refractivity contribution in [1.29, 1.82) is 0 Å². The first-order valence-electron chi connectivity index (χ1n) is 10.9. The predicted octanol–water partition coefficient (Wildman–Crippen LogP) is 2.03. The second-order valence-corrected chi connectivity index (χ2v) is 8.56. The number of hydrogen-bond donors (Lipinski definition) is 0. The highest BCUT2D eigenvalue weighted by molar-refractivity contribution is 7.07. The van der Waals surface area contributed by atoms with E-state index in [9.17, 15) is 9.59 Å². The summed E-state index contributed by atoms with van der Waals surface area (Å²) >= 11 is 1.27. The van der Waals surface area contributed by atoms with Gasteiger partial charge in [-0.2, -0.15) is 5.10 Å².